The lowest BCUT2D eigenvalue weighted by Crippen LogP contribution is -2.28. The molecular formula is C24H19BrF2N2OS. The van der Waals surface area contributed by atoms with Crippen molar-refractivity contribution < 1.29 is 13.6 Å². The molecule has 0 aliphatic heterocycles. The van der Waals surface area contributed by atoms with Crippen LogP contribution in [0.3, 0.4) is 0 Å². The molecule has 0 atom stereocenters. The van der Waals surface area contributed by atoms with Crippen LogP contribution in [0, 0.1) is 11.6 Å². The Hall–Kier alpha value is -2.64. The summed E-state index contributed by atoms with van der Waals surface area (Å²) in [6.45, 7) is 0.739. The lowest BCUT2D eigenvalue weighted by Gasteiger charge is -2.09. The van der Waals surface area contributed by atoms with Crippen LogP contribution >= 0.6 is 27.7 Å². The molecule has 0 radical (unpaired) electrons. The van der Waals surface area contributed by atoms with Crippen LogP contribution in [0.1, 0.15) is 15.9 Å². The van der Waals surface area contributed by atoms with Crippen LogP contribution in [0.2, 0.25) is 0 Å². The molecule has 1 aromatic heterocycles. The molecule has 4 aromatic rings. The highest BCUT2D eigenvalue weighted by molar-refractivity contribution is 9.10. The van der Waals surface area contributed by atoms with E-state index >= 15 is 0 Å². The first-order chi connectivity index (χ1) is 15.0. The van der Waals surface area contributed by atoms with Gasteiger partial charge in [-0.2, -0.15) is 0 Å². The molecule has 31 heavy (non-hydrogen) atoms. The minimum atomic E-state index is -0.865. The summed E-state index contributed by atoms with van der Waals surface area (Å²) in [6.07, 6.45) is 2.06. The second kappa shape index (κ2) is 9.66. The molecular weight excluding hydrogens is 482 g/mol. The number of nitrogens with zero attached hydrogens (tertiary/aromatic N) is 1. The number of carbonyl (C=O) groups excluding carboxylic acids is 1. The number of rotatable bonds is 7. The maximum Gasteiger partial charge on any atom is 0.257 e. The molecule has 1 heterocycles. The second-order valence-electron chi connectivity index (χ2n) is 6.97. The van der Waals surface area contributed by atoms with E-state index in [2.05, 4.69) is 50.2 Å². The normalized spacial score (nSPS) is 11.1. The number of nitrogens with one attached hydrogen (secondary N) is 1. The van der Waals surface area contributed by atoms with Crippen molar-refractivity contribution in [3.8, 4) is 0 Å². The Kier molecular flexibility index (Phi) is 6.73. The van der Waals surface area contributed by atoms with Gasteiger partial charge in [-0.25, -0.2) is 8.78 Å². The number of thioether (sulfide) groups is 1. The number of fused-ring (bicyclic) bond motifs is 1. The van der Waals surface area contributed by atoms with E-state index < -0.39 is 23.1 Å². The summed E-state index contributed by atoms with van der Waals surface area (Å²) in [5, 5.41) is 3.75. The van der Waals surface area contributed by atoms with Crippen molar-refractivity contribution in [3.63, 3.8) is 0 Å². The molecule has 0 aliphatic carbocycles. The van der Waals surface area contributed by atoms with Crippen LogP contribution in [0.4, 0.5) is 8.78 Å². The van der Waals surface area contributed by atoms with Crippen LogP contribution in [0.25, 0.3) is 10.9 Å². The number of hydrogen-bond donors (Lipinski definition) is 1. The van der Waals surface area contributed by atoms with Crippen LogP contribution in [0.5, 0.6) is 0 Å². The fourth-order valence-electron chi connectivity index (χ4n) is 3.35. The molecule has 0 unspecified atom stereocenters. The number of carbonyl (C=O) groups is 1. The van der Waals surface area contributed by atoms with Crippen LogP contribution in [-0.4, -0.2) is 17.0 Å². The number of para-hydroxylation sites is 1. The van der Waals surface area contributed by atoms with E-state index in [1.165, 1.54) is 11.6 Å². The van der Waals surface area contributed by atoms with Crippen molar-refractivity contribution in [1.29, 1.82) is 0 Å². The molecule has 1 N–H and O–H groups in total. The zero-order valence-corrected chi connectivity index (χ0v) is 18.8. The molecule has 3 aromatic carbocycles. The SMILES string of the molecule is O=C(NCCn1cc(SCc2ccc(Br)cc2)c2ccccc21)c1c(F)cccc1F. The molecule has 0 spiro atoms. The summed E-state index contributed by atoms with van der Waals surface area (Å²) in [4.78, 5) is 13.4. The molecule has 0 aliphatic rings. The average molecular weight is 501 g/mol. The van der Waals surface area contributed by atoms with Gasteiger partial charge in [0.15, 0.2) is 0 Å². The van der Waals surface area contributed by atoms with Crippen molar-refractivity contribution in [1.82, 2.24) is 9.88 Å². The van der Waals surface area contributed by atoms with Gasteiger partial charge >= 0.3 is 0 Å². The minimum Gasteiger partial charge on any atom is -0.350 e. The molecule has 0 fully saturated rings. The van der Waals surface area contributed by atoms with Gasteiger partial charge in [0.1, 0.15) is 17.2 Å². The molecule has 1 amide bonds. The lowest BCUT2D eigenvalue weighted by molar-refractivity contribution is 0.0944. The van der Waals surface area contributed by atoms with Gasteiger partial charge in [0, 0.05) is 45.3 Å². The van der Waals surface area contributed by atoms with E-state index in [0.717, 1.165) is 38.2 Å². The number of aromatic nitrogens is 1. The van der Waals surface area contributed by atoms with Crippen molar-refractivity contribution in [3.05, 3.63) is 100 Å². The van der Waals surface area contributed by atoms with Gasteiger partial charge in [-0.15, -0.1) is 11.8 Å². The number of hydrogen-bond acceptors (Lipinski definition) is 2. The van der Waals surface area contributed by atoms with E-state index in [0.29, 0.717) is 6.54 Å². The summed E-state index contributed by atoms with van der Waals surface area (Å²) in [5.41, 5.74) is 1.72. The summed E-state index contributed by atoms with van der Waals surface area (Å²) >= 11 is 5.20. The van der Waals surface area contributed by atoms with Gasteiger partial charge in [-0.1, -0.05) is 52.3 Å². The van der Waals surface area contributed by atoms with Gasteiger partial charge in [-0.3, -0.25) is 4.79 Å². The Labute approximate surface area is 191 Å². The quantitative estimate of drug-likeness (QED) is 0.297. The monoisotopic (exact) mass is 500 g/mol. The Balaban J connectivity index is 1.45. The first kappa shape index (κ1) is 21.6. The lowest BCUT2D eigenvalue weighted by atomic mass is 10.2. The van der Waals surface area contributed by atoms with Crippen molar-refractivity contribution in [2.75, 3.05) is 6.54 Å². The summed E-state index contributed by atoms with van der Waals surface area (Å²) in [7, 11) is 0. The van der Waals surface area contributed by atoms with E-state index in [4.69, 9.17) is 0 Å². The van der Waals surface area contributed by atoms with Gasteiger partial charge < -0.3 is 9.88 Å². The highest BCUT2D eigenvalue weighted by Gasteiger charge is 2.16. The van der Waals surface area contributed by atoms with Crippen molar-refractivity contribution in [2.45, 2.75) is 17.2 Å². The van der Waals surface area contributed by atoms with Gasteiger partial charge in [0.25, 0.3) is 5.91 Å². The van der Waals surface area contributed by atoms with E-state index in [9.17, 15) is 13.6 Å². The fraction of sp³-hybridized carbons (Fsp3) is 0.125. The van der Waals surface area contributed by atoms with E-state index in [1.807, 2.05) is 30.3 Å². The van der Waals surface area contributed by atoms with E-state index in [-0.39, 0.29) is 6.54 Å². The Bertz CT molecular complexity index is 1200. The molecule has 0 bridgehead atoms. The number of halogens is 3. The maximum atomic E-state index is 13.8. The maximum absolute atomic E-state index is 13.8. The zero-order valence-electron chi connectivity index (χ0n) is 16.4. The van der Waals surface area contributed by atoms with Gasteiger partial charge in [0.2, 0.25) is 0 Å². The zero-order chi connectivity index (χ0) is 21.8. The summed E-state index contributed by atoms with van der Waals surface area (Å²) < 4.78 is 30.7. The van der Waals surface area contributed by atoms with Gasteiger partial charge in [0.05, 0.1) is 0 Å². The third kappa shape index (κ3) is 4.99. The van der Waals surface area contributed by atoms with Crippen molar-refractivity contribution >= 4 is 44.5 Å². The standard InChI is InChI=1S/C24H19BrF2N2OS/c25-17-10-8-16(9-11-17)15-31-22-14-29(21-7-2-1-4-18(21)22)13-12-28-24(30)23-19(26)5-3-6-20(23)27/h1-11,14H,12-13,15H2,(H,28,30). The Morgan fingerprint density at radius 3 is 2.42 bits per heavy atom. The Morgan fingerprint density at radius 1 is 0.968 bits per heavy atom. The average Bonchev–Trinajstić information content (AvgIpc) is 3.11. The largest absolute Gasteiger partial charge is 0.350 e. The Morgan fingerprint density at radius 2 is 1.68 bits per heavy atom. The molecule has 158 valence electrons. The highest BCUT2D eigenvalue weighted by atomic mass is 79.9. The number of amides is 1. The first-order valence-corrected chi connectivity index (χ1v) is 11.5. The van der Waals surface area contributed by atoms with Crippen molar-refractivity contribution in [2.24, 2.45) is 0 Å². The number of benzene rings is 3. The second-order valence-corrected chi connectivity index (χ2v) is 8.90. The molecule has 3 nitrogen and oxygen atoms in total. The minimum absolute atomic E-state index is 0.252. The molecule has 0 saturated carbocycles. The molecule has 0 saturated heterocycles. The van der Waals surface area contributed by atoms with Gasteiger partial charge in [-0.05, 0) is 35.9 Å². The topological polar surface area (TPSA) is 34.0 Å². The van der Waals surface area contributed by atoms with Crippen LogP contribution < -0.4 is 5.32 Å². The summed E-state index contributed by atoms with van der Waals surface area (Å²) in [5.74, 6) is -1.65. The third-order valence-corrected chi connectivity index (χ3v) is 6.53. The predicted molar refractivity (Wildman–Crippen MR) is 124 cm³/mol. The van der Waals surface area contributed by atoms with E-state index in [1.54, 1.807) is 11.8 Å². The van der Waals surface area contributed by atoms with Crippen LogP contribution in [0.15, 0.2) is 82.3 Å². The third-order valence-electron chi connectivity index (χ3n) is 4.89. The summed E-state index contributed by atoms with van der Waals surface area (Å²) in [6, 6.07) is 19.7. The first-order valence-electron chi connectivity index (χ1n) is 9.70. The fourth-order valence-corrected chi connectivity index (χ4v) is 4.66. The molecule has 4 rings (SSSR count). The molecule has 7 heteroatoms. The predicted octanol–water partition coefficient (Wildman–Crippen LogP) is 6.40. The van der Waals surface area contributed by atoms with Crippen LogP contribution in [-0.2, 0) is 12.3 Å². The smallest absolute Gasteiger partial charge is 0.257 e. The highest BCUT2D eigenvalue weighted by Crippen LogP contribution is 2.32.